The molecule has 0 fully saturated rings. The average Bonchev–Trinajstić information content (AvgIpc) is 2.43. The second-order valence-corrected chi connectivity index (χ2v) is 5.06. The van der Waals surface area contributed by atoms with Crippen LogP contribution in [0.25, 0.3) is 0 Å². The Morgan fingerprint density at radius 1 is 0.810 bits per heavy atom. The monoisotopic (exact) mass is 316 g/mol. The van der Waals surface area contributed by atoms with E-state index in [1.54, 1.807) is 0 Å². The van der Waals surface area contributed by atoms with Gasteiger partial charge in [0.2, 0.25) is 0 Å². The van der Waals surface area contributed by atoms with Crippen LogP contribution in [-0.2, 0) is 4.79 Å². The molecule has 0 radical (unpaired) electrons. The molecular weight excluding hydrogens is 287 g/mol. The predicted octanol–water partition coefficient (Wildman–Crippen LogP) is 1.33. The van der Waals surface area contributed by atoms with E-state index in [1.165, 1.54) is 32.1 Å². The van der Waals surface area contributed by atoms with Gasteiger partial charge in [0.25, 0.3) is 0 Å². The number of carboxylic acids is 1. The maximum absolute atomic E-state index is 10.2. The van der Waals surface area contributed by atoms with Crippen molar-refractivity contribution in [2.24, 2.45) is 0 Å². The molecule has 2 nitrogen and oxygen atoms in total. The number of hydrogen-bond donors (Lipinski definition) is 0. The SMILES string of the molecule is CCCC\C=C/C=C/C=C\CCCCCCCC(=O)[O-].[K+]. The summed E-state index contributed by atoms with van der Waals surface area (Å²) in [6.07, 6.45) is 23.0. The fraction of sp³-hybridized carbons (Fsp3) is 0.611. The van der Waals surface area contributed by atoms with Gasteiger partial charge in [0.15, 0.2) is 0 Å². The van der Waals surface area contributed by atoms with Crippen LogP contribution in [0, 0.1) is 0 Å². The maximum atomic E-state index is 10.2. The third-order valence-electron chi connectivity index (χ3n) is 3.08. The Bertz CT molecular complexity index is 306. The Morgan fingerprint density at radius 2 is 1.33 bits per heavy atom. The molecule has 0 aromatic carbocycles. The molecule has 0 aromatic heterocycles. The number of carbonyl (C=O) groups is 1. The Kier molecular flexibility index (Phi) is 22.8. The summed E-state index contributed by atoms with van der Waals surface area (Å²) >= 11 is 0. The van der Waals surface area contributed by atoms with Crippen molar-refractivity contribution < 1.29 is 61.3 Å². The van der Waals surface area contributed by atoms with E-state index in [1.807, 2.05) is 0 Å². The number of carbonyl (C=O) groups excluding carboxylic acids is 1. The quantitative estimate of drug-likeness (QED) is 0.292. The topological polar surface area (TPSA) is 40.1 Å². The van der Waals surface area contributed by atoms with E-state index in [-0.39, 0.29) is 57.8 Å². The van der Waals surface area contributed by atoms with Gasteiger partial charge in [-0.2, -0.15) is 0 Å². The summed E-state index contributed by atoms with van der Waals surface area (Å²) in [5.41, 5.74) is 0. The van der Waals surface area contributed by atoms with E-state index in [4.69, 9.17) is 0 Å². The summed E-state index contributed by atoms with van der Waals surface area (Å²) < 4.78 is 0. The predicted molar refractivity (Wildman–Crippen MR) is 84.3 cm³/mol. The van der Waals surface area contributed by atoms with E-state index in [0.717, 1.165) is 25.7 Å². The summed E-state index contributed by atoms with van der Waals surface area (Å²) in [6, 6.07) is 0. The van der Waals surface area contributed by atoms with E-state index < -0.39 is 5.97 Å². The standard InChI is InChI=1S/C18H30O2.K/c1-2-3-4-5-6-7-8-9-10-11-12-13-14-15-16-17-18(19)20;/h5-10H,2-4,11-17H2,1H3,(H,19,20);/q;+1/p-1/b6-5-,8-7+,10-9-;. The minimum atomic E-state index is -0.927. The number of rotatable bonds is 13. The number of unbranched alkanes of at least 4 members (excludes halogenated alkanes) is 7. The van der Waals surface area contributed by atoms with Crippen molar-refractivity contribution in [3.05, 3.63) is 36.5 Å². The van der Waals surface area contributed by atoms with Crippen molar-refractivity contribution in [2.75, 3.05) is 0 Å². The fourth-order valence-corrected chi connectivity index (χ4v) is 1.86. The Balaban J connectivity index is 0. The molecule has 0 unspecified atom stereocenters. The van der Waals surface area contributed by atoms with Gasteiger partial charge in [-0.1, -0.05) is 75.5 Å². The fourth-order valence-electron chi connectivity index (χ4n) is 1.86. The summed E-state index contributed by atoms with van der Waals surface area (Å²) in [5.74, 6) is -0.927. The van der Waals surface area contributed by atoms with Gasteiger partial charge in [-0.3, -0.25) is 0 Å². The van der Waals surface area contributed by atoms with E-state index >= 15 is 0 Å². The molecule has 0 atom stereocenters. The van der Waals surface area contributed by atoms with Crippen molar-refractivity contribution in [1.82, 2.24) is 0 Å². The molecule has 0 amide bonds. The molecular formula is C18H29KO2. The molecule has 114 valence electrons. The van der Waals surface area contributed by atoms with Crippen LogP contribution in [0.2, 0.25) is 0 Å². The van der Waals surface area contributed by atoms with Crippen molar-refractivity contribution in [1.29, 1.82) is 0 Å². The van der Waals surface area contributed by atoms with Crippen LogP contribution in [0.3, 0.4) is 0 Å². The smallest absolute Gasteiger partial charge is 0.550 e. The number of aliphatic carboxylic acids is 1. The number of carboxylic acid groups (broad SMARTS) is 1. The first-order valence-corrected chi connectivity index (χ1v) is 7.95. The molecule has 0 aliphatic heterocycles. The van der Waals surface area contributed by atoms with E-state index in [2.05, 4.69) is 43.4 Å². The first-order valence-electron chi connectivity index (χ1n) is 7.95. The van der Waals surface area contributed by atoms with Crippen molar-refractivity contribution in [3.8, 4) is 0 Å². The summed E-state index contributed by atoms with van der Waals surface area (Å²) in [4.78, 5) is 10.2. The van der Waals surface area contributed by atoms with Crippen LogP contribution in [0.5, 0.6) is 0 Å². The summed E-state index contributed by atoms with van der Waals surface area (Å²) in [5, 5.41) is 10.2. The van der Waals surface area contributed by atoms with Crippen LogP contribution < -0.4 is 56.5 Å². The molecule has 0 heterocycles. The minimum absolute atomic E-state index is 0. The van der Waals surface area contributed by atoms with Crippen LogP contribution in [-0.4, -0.2) is 5.97 Å². The van der Waals surface area contributed by atoms with Crippen molar-refractivity contribution in [2.45, 2.75) is 71.1 Å². The zero-order valence-electron chi connectivity index (χ0n) is 13.9. The molecule has 0 aliphatic carbocycles. The van der Waals surface area contributed by atoms with Crippen molar-refractivity contribution in [3.63, 3.8) is 0 Å². The van der Waals surface area contributed by atoms with Crippen LogP contribution in [0.15, 0.2) is 36.5 Å². The number of allylic oxidation sites excluding steroid dienone is 6. The van der Waals surface area contributed by atoms with Gasteiger partial charge in [-0.15, -0.1) is 0 Å². The zero-order valence-corrected chi connectivity index (χ0v) is 17.0. The normalized spacial score (nSPS) is 11.5. The van der Waals surface area contributed by atoms with Gasteiger partial charge in [0.05, 0.1) is 0 Å². The van der Waals surface area contributed by atoms with Crippen LogP contribution >= 0.6 is 0 Å². The van der Waals surface area contributed by atoms with E-state index in [0.29, 0.717) is 0 Å². The zero-order chi connectivity index (χ0) is 14.9. The first-order chi connectivity index (χ1) is 9.77. The van der Waals surface area contributed by atoms with Gasteiger partial charge in [0.1, 0.15) is 0 Å². The molecule has 0 rings (SSSR count). The van der Waals surface area contributed by atoms with Crippen LogP contribution in [0.1, 0.15) is 71.1 Å². The van der Waals surface area contributed by atoms with E-state index in [9.17, 15) is 9.90 Å². The van der Waals surface area contributed by atoms with Gasteiger partial charge >= 0.3 is 51.4 Å². The molecule has 0 saturated carbocycles. The minimum Gasteiger partial charge on any atom is -0.550 e. The summed E-state index contributed by atoms with van der Waals surface area (Å²) in [6.45, 7) is 2.20. The molecule has 0 aromatic rings. The molecule has 0 bridgehead atoms. The molecule has 0 aliphatic rings. The van der Waals surface area contributed by atoms with Crippen LogP contribution in [0.4, 0.5) is 0 Å². The summed E-state index contributed by atoms with van der Waals surface area (Å²) in [7, 11) is 0. The molecule has 0 spiro atoms. The molecule has 0 saturated heterocycles. The third-order valence-corrected chi connectivity index (χ3v) is 3.08. The van der Waals surface area contributed by atoms with Crippen molar-refractivity contribution >= 4 is 5.97 Å². The van der Waals surface area contributed by atoms with Gasteiger partial charge in [-0.05, 0) is 32.1 Å². The average molecular weight is 317 g/mol. The van der Waals surface area contributed by atoms with Gasteiger partial charge < -0.3 is 9.90 Å². The second-order valence-electron chi connectivity index (χ2n) is 5.06. The largest absolute Gasteiger partial charge is 1.00 e. The van der Waals surface area contributed by atoms with Gasteiger partial charge in [0, 0.05) is 5.97 Å². The number of hydrogen-bond acceptors (Lipinski definition) is 2. The Hall–Kier alpha value is 0.326. The Morgan fingerprint density at radius 3 is 1.90 bits per heavy atom. The molecule has 21 heavy (non-hydrogen) atoms. The Labute approximate surface area is 173 Å². The molecule has 3 heteroatoms. The second kappa shape index (κ2) is 20.3. The molecule has 0 N–H and O–H groups in total. The van der Waals surface area contributed by atoms with Gasteiger partial charge in [-0.25, -0.2) is 0 Å². The first kappa shape index (κ1) is 23.6. The maximum Gasteiger partial charge on any atom is 1.00 e. The third kappa shape index (κ3) is 22.7.